The van der Waals surface area contributed by atoms with Gasteiger partial charge in [-0.2, -0.15) is 0 Å². The van der Waals surface area contributed by atoms with Crippen LogP contribution >= 0.6 is 0 Å². The molecule has 23 heavy (non-hydrogen) atoms. The third-order valence-corrected chi connectivity index (χ3v) is 4.71. The minimum atomic E-state index is -0.890. The zero-order valence-electron chi connectivity index (χ0n) is 12.4. The molecule has 0 saturated carbocycles. The second-order valence-corrected chi connectivity index (χ2v) is 8.19. The first-order valence-electron chi connectivity index (χ1n) is 6.50. The van der Waals surface area contributed by atoms with Gasteiger partial charge in [-0.05, 0) is 0 Å². The molecule has 122 valence electrons. The van der Waals surface area contributed by atoms with Crippen molar-refractivity contribution in [1.29, 1.82) is 0 Å². The molecule has 0 aliphatic rings. The molecule has 0 atom stereocenters. The van der Waals surface area contributed by atoms with Crippen molar-refractivity contribution in [3.8, 4) is 11.5 Å². The SMILES string of the molecule is CN(C)[I-]c1cccc(OC(=O)Oc2ccc([N+](=O)[O-])cc2)c1. The van der Waals surface area contributed by atoms with Crippen molar-refractivity contribution in [2.24, 2.45) is 0 Å². The van der Waals surface area contributed by atoms with E-state index >= 15 is 0 Å². The molecule has 0 unspecified atom stereocenters. The summed E-state index contributed by atoms with van der Waals surface area (Å²) in [5, 5.41) is 10.6. The molecule has 0 N–H and O–H groups in total. The Morgan fingerprint density at radius 3 is 2.35 bits per heavy atom. The fraction of sp³-hybridized carbons (Fsp3) is 0.133. The van der Waals surface area contributed by atoms with E-state index in [9.17, 15) is 14.9 Å². The maximum absolute atomic E-state index is 11.8. The van der Waals surface area contributed by atoms with Gasteiger partial charge in [-0.3, -0.25) is 0 Å². The Hall–Kier alpha value is -2.20. The van der Waals surface area contributed by atoms with Crippen LogP contribution in [0.1, 0.15) is 0 Å². The van der Waals surface area contributed by atoms with E-state index in [0.717, 1.165) is 3.57 Å². The van der Waals surface area contributed by atoms with Crippen LogP contribution < -0.4 is 31.0 Å². The minimum absolute atomic E-state index is 0.0777. The maximum atomic E-state index is 11.8. The molecule has 0 saturated heterocycles. The molecule has 2 aromatic rings. The molecule has 0 aromatic heterocycles. The number of carbonyl (C=O) groups is 1. The van der Waals surface area contributed by atoms with Gasteiger partial charge < -0.3 is 0 Å². The number of ether oxygens (including phenoxy) is 2. The summed E-state index contributed by atoms with van der Waals surface area (Å²) in [4.78, 5) is 21.8. The van der Waals surface area contributed by atoms with Crippen molar-refractivity contribution in [1.82, 2.24) is 3.11 Å². The van der Waals surface area contributed by atoms with Gasteiger partial charge in [0.15, 0.2) is 0 Å². The van der Waals surface area contributed by atoms with E-state index in [-0.39, 0.29) is 32.9 Å². The Labute approximate surface area is 143 Å². The molecule has 0 spiro atoms. The van der Waals surface area contributed by atoms with Crippen LogP contribution in [-0.2, 0) is 0 Å². The Balaban J connectivity index is 1.97. The zero-order valence-corrected chi connectivity index (χ0v) is 14.6. The van der Waals surface area contributed by atoms with E-state index < -0.39 is 11.1 Å². The van der Waals surface area contributed by atoms with Crippen molar-refractivity contribution in [2.45, 2.75) is 0 Å². The second-order valence-electron chi connectivity index (χ2n) is 4.53. The van der Waals surface area contributed by atoms with E-state index in [1.54, 1.807) is 12.1 Å². The number of rotatable bonds is 5. The predicted octanol–water partition coefficient (Wildman–Crippen LogP) is -0.0922. The topological polar surface area (TPSA) is 81.9 Å². The first kappa shape index (κ1) is 17.2. The molecule has 7 nitrogen and oxygen atoms in total. The van der Waals surface area contributed by atoms with Crippen molar-refractivity contribution < 1.29 is 40.7 Å². The van der Waals surface area contributed by atoms with Crippen LogP contribution in [0.2, 0.25) is 0 Å². The quantitative estimate of drug-likeness (QED) is 0.165. The normalized spacial score (nSPS) is 10.6. The number of benzene rings is 2. The van der Waals surface area contributed by atoms with Crippen molar-refractivity contribution in [2.75, 3.05) is 14.1 Å². The molecule has 0 aliphatic carbocycles. The number of nitro benzene ring substituents is 1. The summed E-state index contributed by atoms with van der Waals surface area (Å²) in [5.41, 5.74) is -0.0777. The second kappa shape index (κ2) is 7.88. The van der Waals surface area contributed by atoms with Gasteiger partial charge in [0.1, 0.15) is 0 Å². The Bertz CT molecular complexity index is 703. The molecule has 0 fully saturated rings. The predicted molar refractivity (Wildman–Crippen MR) is 78.6 cm³/mol. The van der Waals surface area contributed by atoms with Crippen molar-refractivity contribution in [3.63, 3.8) is 0 Å². The molecule has 0 bridgehead atoms. The summed E-state index contributed by atoms with van der Waals surface area (Å²) in [7, 11) is 3.98. The zero-order chi connectivity index (χ0) is 16.8. The standard InChI is InChI=1S/C15H14IN2O5/c1-17(2)16-11-4-3-5-14(10-11)23-15(19)22-13-8-6-12(7-9-13)18(20)21/h3-10H,1-2H3/q-1. The van der Waals surface area contributed by atoms with E-state index in [2.05, 4.69) is 3.11 Å². The summed E-state index contributed by atoms with van der Waals surface area (Å²) in [5.74, 6) is 0.577. The van der Waals surface area contributed by atoms with E-state index in [1.807, 2.05) is 26.2 Å². The van der Waals surface area contributed by atoms with Gasteiger partial charge >= 0.3 is 143 Å². The van der Waals surface area contributed by atoms with Crippen molar-refractivity contribution >= 4 is 11.8 Å². The van der Waals surface area contributed by atoms with Crippen LogP contribution in [-0.4, -0.2) is 28.3 Å². The summed E-state index contributed by atoms with van der Waals surface area (Å²) in [6.07, 6.45) is -0.890. The van der Waals surface area contributed by atoms with Crippen LogP contribution in [0.15, 0.2) is 48.5 Å². The van der Waals surface area contributed by atoms with Crippen LogP contribution in [0.25, 0.3) is 0 Å². The summed E-state index contributed by atoms with van der Waals surface area (Å²) in [6.45, 7) is 0. The van der Waals surface area contributed by atoms with E-state index in [1.165, 1.54) is 24.3 Å². The number of hydrogen-bond acceptors (Lipinski definition) is 6. The third kappa shape index (κ3) is 5.49. The molecule has 8 heteroatoms. The van der Waals surface area contributed by atoms with Gasteiger partial charge in [-0.15, -0.1) is 0 Å². The molecule has 0 heterocycles. The Kier molecular flexibility index (Phi) is 5.88. The number of non-ortho nitro benzene ring substituents is 1. The number of hydrogen-bond donors (Lipinski definition) is 0. The molecule has 0 amide bonds. The first-order chi connectivity index (χ1) is 10.9. The number of nitrogens with zero attached hydrogens (tertiary/aromatic N) is 2. The Morgan fingerprint density at radius 1 is 1.09 bits per heavy atom. The number of carbonyl (C=O) groups excluding carboxylic acids is 1. The van der Waals surface area contributed by atoms with Crippen LogP contribution in [0.5, 0.6) is 11.5 Å². The van der Waals surface area contributed by atoms with Crippen LogP contribution in [0.4, 0.5) is 10.5 Å². The number of nitro groups is 1. The average Bonchev–Trinajstić information content (AvgIpc) is 2.47. The fourth-order valence-corrected chi connectivity index (χ4v) is 3.56. The molecule has 0 radical (unpaired) electrons. The fourth-order valence-electron chi connectivity index (χ4n) is 1.63. The van der Waals surface area contributed by atoms with Gasteiger partial charge in [0, 0.05) is 0 Å². The molecule has 2 rings (SSSR count). The van der Waals surface area contributed by atoms with E-state index in [4.69, 9.17) is 9.47 Å². The van der Waals surface area contributed by atoms with Gasteiger partial charge in [0.25, 0.3) is 0 Å². The first-order valence-corrected chi connectivity index (χ1v) is 8.55. The molecule has 2 aromatic carbocycles. The van der Waals surface area contributed by atoms with Crippen LogP contribution in [0, 0.1) is 13.7 Å². The Morgan fingerprint density at radius 2 is 1.74 bits per heavy atom. The molecular formula is C15H14IN2O5-. The van der Waals surface area contributed by atoms with Gasteiger partial charge in [-0.1, -0.05) is 0 Å². The van der Waals surface area contributed by atoms with Gasteiger partial charge in [0.2, 0.25) is 0 Å². The molecular weight excluding hydrogens is 415 g/mol. The van der Waals surface area contributed by atoms with Gasteiger partial charge in [0.05, 0.1) is 0 Å². The van der Waals surface area contributed by atoms with E-state index in [0.29, 0.717) is 5.75 Å². The summed E-state index contributed by atoms with van der Waals surface area (Å²) < 4.78 is 13.3. The van der Waals surface area contributed by atoms with Crippen LogP contribution in [0.3, 0.4) is 0 Å². The number of halogens is 1. The monoisotopic (exact) mass is 429 g/mol. The van der Waals surface area contributed by atoms with Crippen molar-refractivity contribution in [3.05, 3.63) is 62.2 Å². The van der Waals surface area contributed by atoms with Gasteiger partial charge in [-0.25, -0.2) is 0 Å². The summed E-state index contributed by atoms with van der Waals surface area (Å²) >= 11 is -0.298. The third-order valence-electron chi connectivity index (χ3n) is 2.51. The summed E-state index contributed by atoms with van der Waals surface area (Å²) in [6, 6.07) is 12.4. The average molecular weight is 429 g/mol. The molecule has 0 aliphatic heterocycles.